The first-order valence-corrected chi connectivity index (χ1v) is 14.6. The first kappa shape index (κ1) is 23.7. The maximum Gasteiger partial charge on any atom is 0.162 e. The Morgan fingerprint density at radius 1 is 0.439 bits per heavy atom. The van der Waals surface area contributed by atoms with Crippen molar-refractivity contribution >= 4 is 42.4 Å². The molecule has 0 saturated carbocycles. The van der Waals surface area contributed by atoms with Crippen LogP contribution in [0.25, 0.3) is 76.0 Å². The average molecular weight is 541 g/mol. The molecular formula is C38H24N2S. The summed E-state index contributed by atoms with van der Waals surface area (Å²) in [6.07, 6.45) is 0. The van der Waals surface area contributed by atoms with E-state index in [2.05, 4.69) is 146 Å². The van der Waals surface area contributed by atoms with E-state index in [9.17, 15) is 0 Å². The molecule has 0 amide bonds. The van der Waals surface area contributed by atoms with Crippen molar-refractivity contribution in [2.24, 2.45) is 0 Å². The van der Waals surface area contributed by atoms with Gasteiger partial charge >= 0.3 is 0 Å². The lowest BCUT2D eigenvalue weighted by Gasteiger charge is -2.11. The number of hydrogen-bond donors (Lipinski definition) is 0. The molecule has 2 nitrogen and oxygen atoms in total. The summed E-state index contributed by atoms with van der Waals surface area (Å²) >= 11 is 1.73. The third-order valence-corrected chi connectivity index (χ3v) is 8.77. The molecule has 2 heterocycles. The van der Waals surface area contributed by atoms with Crippen molar-refractivity contribution < 1.29 is 0 Å². The number of benzene rings is 6. The normalized spacial score (nSPS) is 11.4. The van der Waals surface area contributed by atoms with Crippen molar-refractivity contribution in [2.75, 3.05) is 0 Å². The molecule has 41 heavy (non-hydrogen) atoms. The molecule has 3 heteroatoms. The van der Waals surface area contributed by atoms with Crippen LogP contribution in [0.5, 0.6) is 0 Å². The fraction of sp³-hybridized carbons (Fsp3) is 0. The van der Waals surface area contributed by atoms with Crippen LogP contribution in [0.2, 0.25) is 0 Å². The van der Waals surface area contributed by atoms with E-state index >= 15 is 0 Å². The number of hydrogen-bond acceptors (Lipinski definition) is 3. The standard InChI is InChI=1S/C38H24N2S/c1-2-11-25(12-3-1)27-15-8-16-28(23-27)29-17-9-18-30(24-29)36-35-33-20-6-7-22-34(33)41-38(35)40-37(39-36)32-21-10-14-26-13-4-5-19-31(26)32/h1-24H. The second-order valence-corrected chi connectivity index (χ2v) is 11.3. The van der Waals surface area contributed by atoms with Crippen LogP contribution in [0, 0.1) is 0 Å². The summed E-state index contributed by atoms with van der Waals surface area (Å²) in [6, 6.07) is 51.4. The van der Waals surface area contributed by atoms with Gasteiger partial charge in [0.25, 0.3) is 0 Å². The predicted octanol–water partition coefficient (Wildman–Crippen LogP) is 10.7. The van der Waals surface area contributed by atoms with E-state index in [1.807, 2.05) is 0 Å². The second-order valence-electron chi connectivity index (χ2n) is 10.2. The first-order chi connectivity index (χ1) is 20.3. The summed E-state index contributed by atoms with van der Waals surface area (Å²) in [4.78, 5) is 11.5. The van der Waals surface area contributed by atoms with E-state index < -0.39 is 0 Å². The molecule has 0 aliphatic carbocycles. The van der Waals surface area contributed by atoms with Crippen molar-refractivity contribution in [3.63, 3.8) is 0 Å². The minimum absolute atomic E-state index is 0.757. The van der Waals surface area contributed by atoms with Crippen LogP contribution in [0.15, 0.2) is 146 Å². The van der Waals surface area contributed by atoms with Gasteiger partial charge in [0.15, 0.2) is 5.82 Å². The molecule has 2 aromatic heterocycles. The minimum atomic E-state index is 0.757. The zero-order valence-corrected chi connectivity index (χ0v) is 23.0. The lowest BCUT2D eigenvalue weighted by atomic mass is 9.96. The number of aromatic nitrogens is 2. The van der Waals surface area contributed by atoms with E-state index in [0.29, 0.717) is 0 Å². The number of fused-ring (bicyclic) bond motifs is 4. The summed E-state index contributed by atoms with van der Waals surface area (Å²) in [5, 5.41) is 4.66. The highest BCUT2D eigenvalue weighted by atomic mass is 32.1. The predicted molar refractivity (Wildman–Crippen MR) is 174 cm³/mol. The van der Waals surface area contributed by atoms with Crippen molar-refractivity contribution in [2.45, 2.75) is 0 Å². The second kappa shape index (κ2) is 9.81. The monoisotopic (exact) mass is 540 g/mol. The van der Waals surface area contributed by atoms with Crippen molar-refractivity contribution in [1.82, 2.24) is 9.97 Å². The average Bonchev–Trinajstić information content (AvgIpc) is 3.43. The molecule has 0 atom stereocenters. The lowest BCUT2D eigenvalue weighted by Crippen LogP contribution is -1.94. The van der Waals surface area contributed by atoms with Gasteiger partial charge in [-0.25, -0.2) is 9.97 Å². The van der Waals surface area contributed by atoms with E-state index in [1.165, 1.54) is 37.7 Å². The van der Waals surface area contributed by atoms with Gasteiger partial charge in [0.05, 0.1) is 5.69 Å². The molecule has 0 aliphatic rings. The fourth-order valence-corrected chi connectivity index (χ4v) is 6.80. The Hall–Kier alpha value is -5.12. The van der Waals surface area contributed by atoms with E-state index in [-0.39, 0.29) is 0 Å². The molecule has 192 valence electrons. The highest BCUT2D eigenvalue weighted by Gasteiger charge is 2.18. The van der Waals surface area contributed by atoms with Crippen LogP contribution in [-0.4, -0.2) is 9.97 Å². The van der Waals surface area contributed by atoms with E-state index in [4.69, 9.17) is 9.97 Å². The molecule has 8 rings (SSSR count). The van der Waals surface area contributed by atoms with E-state index in [1.54, 1.807) is 11.3 Å². The van der Waals surface area contributed by atoms with Gasteiger partial charge in [0.1, 0.15) is 4.83 Å². The molecular weight excluding hydrogens is 516 g/mol. The van der Waals surface area contributed by atoms with Gasteiger partial charge in [0, 0.05) is 26.6 Å². The van der Waals surface area contributed by atoms with Crippen LogP contribution in [0.1, 0.15) is 0 Å². The summed E-state index contributed by atoms with van der Waals surface area (Å²) in [5.74, 6) is 0.757. The minimum Gasteiger partial charge on any atom is -0.227 e. The Balaban J connectivity index is 1.35. The SMILES string of the molecule is c1ccc(-c2cccc(-c3cccc(-c4nc(-c5cccc6ccccc56)nc5sc6ccccc6c45)c3)c2)cc1. The van der Waals surface area contributed by atoms with Crippen LogP contribution in [0.4, 0.5) is 0 Å². The molecule has 0 bridgehead atoms. The van der Waals surface area contributed by atoms with E-state index in [0.717, 1.165) is 38.2 Å². The lowest BCUT2D eigenvalue weighted by molar-refractivity contribution is 1.25. The third kappa shape index (κ3) is 4.19. The van der Waals surface area contributed by atoms with Crippen LogP contribution in [-0.2, 0) is 0 Å². The Labute approximate surface area is 242 Å². The zero-order chi connectivity index (χ0) is 27.2. The van der Waals surface area contributed by atoms with Gasteiger partial charge in [-0.05, 0) is 51.2 Å². The van der Waals surface area contributed by atoms with Crippen LogP contribution < -0.4 is 0 Å². The van der Waals surface area contributed by atoms with Crippen LogP contribution >= 0.6 is 11.3 Å². The van der Waals surface area contributed by atoms with Crippen molar-refractivity contribution in [1.29, 1.82) is 0 Å². The Kier molecular flexibility index (Phi) is 5.68. The number of nitrogens with zero attached hydrogens (tertiary/aromatic N) is 2. The molecule has 0 saturated heterocycles. The summed E-state index contributed by atoms with van der Waals surface area (Å²) in [6.45, 7) is 0. The highest BCUT2D eigenvalue weighted by Crippen LogP contribution is 2.41. The molecule has 0 radical (unpaired) electrons. The number of thiophene rings is 1. The molecule has 6 aromatic carbocycles. The molecule has 0 fully saturated rings. The highest BCUT2D eigenvalue weighted by molar-refractivity contribution is 7.25. The third-order valence-electron chi connectivity index (χ3n) is 7.71. The molecule has 0 N–H and O–H groups in total. The van der Waals surface area contributed by atoms with Gasteiger partial charge in [-0.2, -0.15) is 0 Å². The van der Waals surface area contributed by atoms with Gasteiger partial charge in [-0.1, -0.05) is 127 Å². The largest absolute Gasteiger partial charge is 0.227 e. The zero-order valence-electron chi connectivity index (χ0n) is 22.2. The summed E-state index contributed by atoms with van der Waals surface area (Å²) in [7, 11) is 0. The molecule has 0 unspecified atom stereocenters. The van der Waals surface area contributed by atoms with Crippen molar-refractivity contribution in [3.05, 3.63) is 146 Å². The quantitative estimate of drug-likeness (QED) is 0.222. The Morgan fingerprint density at radius 3 is 1.85 bits per heavy atom. The van der Waals surface area contributed by atoms with Gasteiger partial charge in [-0.3, -0.25) is 0 Å². The van der Waals surface area contributed by atoms with Crippen LogP contribution in [0.3, 0.4) is 0 Å². The smallest absolute Gasteiger partial charge is 0.162 e. The summed E-state index contributed by atoms with van der Waals surface area (Å²) in [5.41, 5.74) is 7.88. The van der Waals surface area contributed by atoms with Crippen molar-refractivity contribution in [3.8, 4) is 44.9 Å². The number of rotatable bonds is 4. The molecule has 0 spiro atoms. The van der Waals surface area contributed by atoms with Gasteiger partial charge in [0.2, 0.25) is 0 Å². The molecule has 8 aromatic rings. The Bertz CT molecular complexity index is 2210. The maximum absolute atomic E-state index is 5.31. The maximum atomic E-state index is 5.31. The fourth-order valence-electron chi connectivity index (χ4n) is 5.73. The molecule has 0 aliphatic heterocycles. The topological polar surface area (TPSA) is 25.8 Å². The summed E-state index contributed by atoms with van der Waals surface area (Å²) < 4.78 is 1.22. The first-order valence-electron chi connectivity index (χ1n) is 13.8. The van der Waals surface area contributed by atoms with Gasteiger partial charge < -0.3 is 0 Å². The Morgan fingerprint density at radius 2 is 1.02 bits per heavy atom. The van der Waals surface area contributed by atoms with Gasteiger partial charge in [-0.15, -0.1) is 11.3 Å².